The molecule has 0 aliphatic carbocycles. The van der Waals surface area contributed by atoms with Crippen LogP contribution in [0.2, 0.25) is 0 Å². The zero-order chi connectivity index (χ0) is 24.1. The number of nitriles is 1. The number of aromatic nitrogens is 2. The Morgan fingerprint density at radius 3 is 2.45 bits per heavy atom. The summed E-state index contributed by atoms with van der Waals surface area (Å²) in [7, 11) is -8.78. The number of nitrogens with one attached hydrogen (secondary N) is 4. The van der Waals surface area contributed by atoms with Gasteiger partial charge in [-0.3, -0.25) is 5.41 Å². The number of amidine groups is 1. The number of H-pyrrole nitrogens is 1. The average Bonchev–Trinajstić information content (AvgIpc) is 3.09. The fourth-order valence-electron chi connectivity index (χ4n) is 3.69. The Morgan fingerprint density at radius 1 is 1.21 bits per heavy atom. The summed E-state index contributed by atoms with van der Waals surface area (Å²) < 4.78 is 51.7. The number of nitrogens with zero attached hydrogens (tertiary/aromatic N) is 2. The smallest absolute Gasteiger partial charge is 0.240 e. The van der Waals surface area contributed by atoms with E-state index in [1.807, 2.05) is 6.07 Å². The lowest BCUT2D eigenvalue weighted by molar-refractivity contribution is 0.493. The first-order chi connectivity index (χ1) is 15.5. The fourth-order valence-corrected chi connectivity index (χ4v) is 6.88. The highest BCUT2D eigenvalue weighted by Gasteiger charge is 2.38. The van der Waals surface area contributed by atoms with Gasteiger partial charge in [0.25, 0.3) is 0 Å². The van der Waals surface area contributed by atoms with Crippen LogP contribution >= 0.6 is 0 Å². The second-order valence-electron chi connectivity index (χ2n) is 7.36. The summed E-state index contributed by atoms with van der Waals surface area (Å²) in [5.41, 5.74) is 8.63. The molecule has 1 aromatic heterocycles. The lowest BCUT2D eigenvalue weighted by Gasteiger charge is -2.28. The van der Waals surface area contributed by atoms with E-state index in [4.69, 9.17) is 22.1 Å². The molecule has 2 aromatic carbocycles. The first-order valence-corrected chi connectivity index (χ1v) is 12.5. The SMILES string of the molecule is N#Cc1cc(-c2ccc(S(=O)(=O)C3CNC3)c(S(N)(=O)=O)c2C(=N)NN)c2[nH]c(N)nc2c1. The number of nitrogen functional groups attached to an aromatic ring is 1. The van der Waals surface area contributed by atoms with Gasteiger partial charge in [-0.05, 0) is 23.8 Å². The lowest BCUT2D eigenvalue weighted by Crippen LogP contribution is -2.51. The van der Waals surface area contributed by atoms with Gasteiger partial charge < -0.3 is 21.5 Å². The van der Waals surface area contributed by atoms with Gasteiger partial charge in [0, 0.05) is 24.2 Å². The topological polar surface area (TPSA) is 247 Å². The Bertz CT molecular complexity index is 1570. The van der Waals surface area contributed by atoms with Gasteiger partial charge in [-0.2, -0.15) is 5.26 Å². The number of hydrogen-bond acceptors (Lipinski definition) is 10. The van der Waals surface area contributed by atoms with E-state index in [9.17, 15) is 22.1 Å². The number of fused-ring (bicyclic) bond motifs is 1. The monoisotopic (exact) mass is 489 g/mol. The van der Waals surface area contributed by atoms with Gasteiger partial charge in [0.2, 0.25) is 10.0 Å². The molecule has 4 rings (SSSR count). The summed E-state index contributed by atoms with van der Waals surface area (Å²) >= 11 is 0. The van der Waals surface area contributed by atoms with Gasteiger partial charge in [0.05, 0.1) is 32.8 Å². The molecule has 1 aliphatic heterocycles. The van der Waals surface area contributed by atoms with Crippen LogP contribution in [0.3, 0.4) is 0 Å². The van der Waals surface area contributed by atoms with Gasteiger partial charge in [-0.1, -0.05) is 6.07 Å². The van der Waals surface area contributed by atoms with Crippen molar-refractivity contribution < 1.29 is 16.8 Å². The molecule has 1 saturated heterocycles. The second-order valence-corrected chi connectivity index (χ2v) is 11.1. The quantitative estimate of drug-likeness (QED) is 0.0982. The molecule has 0 unspecified atom stereocenters. The van der Waals surface area contributed by atoms with E-state index >= 15 is 0 Å². The highest BCUT2D eigenvalue weighted by atomic mass is 32.2. The van der Waals surface area contributed by atoms with Crippen molar-refractivity contribution in [1.82, 2.24) is 20.7 Å². The minimum atomic E-state index is -4.67. The summed E-state index contributed by atoms with van der Waals surface area (Å²) in [6.45, 7) is 0.294. The maximum atomic E-state index is 13.2. The molecule has 33 heavy (non-hydrogen) atoms. The molecule has 0 amide bonds. The first-order valence-electron chi connectivity index (χ1n) is 9.38. The number of hydrazine groups is 1. The predicted octanol–water partition coefficient (Wildman–Crippen LogP) is -1.13. The third-order valence-corrected chi connectivity index (χ3v) is 8.61. The van der Waals surface area contributed by atoms with Crippen LogP contribution in [-0.2, 0) is 19.9 Å². The first kappa shape index (κ1) is 22.6. The molecule has 13 nitrogen and oxygen atoms in total. The largest absolute Gasteiger partial charge is 0.369 e. The summed E-state index contributed by atoms with van der Waals surface area (Å²) in [5, 5.41) is 25.2. The van der Waals surface area contributed by atoms with Crippen molar-refractivity contribution in [2.24, 2.45) is 11.0 Å². The lowest BCUT2D eigenvalue weighted by atomic mass is 9.96. The van der Waals surface area contributed by atoms with Gasteiger partial charge in [-0.25, -0.2) is 32.8 Å². The second kappa shape index (κ2) is 7.79. The molecule has 1 fully saturated rings. The van der Waals surface area contributed by atoms with Crippen LogP contribution in [0.1, 0.15) is 11.1 Å². The van der Waals surface area contributed by atoms with Crippen LogP contribution in [0.15, 0.2) is 34.1 Å². The normalized spacial score (nSPS) is 14.6. The number of rotatable bonds is 5. The molecule has 0 spiro atoms. The molecule has 2 heterocycles. The van der Waals surface area contributed by atoms with E-state index < -0.39 is 40.7 Å². The number of primary sulfonamides is 1. The van der Waals surface area contributed by atoms with Crippen LogP contribution in [0, 0.1) is 16.7 Å². The van der Waals surface area contributed by atoms with E-state index in [1.54, 1.807) is 0 Å². The zero-order valence-electron chi connectivity index (χ0n) is 16.9. The van der Waals surface area contributed by atoms with Crippen molar-refractivity contribution in [3.63, 3.8) is 0 Å². The van der Waals surface area contributed by atoms with Crippen LogP contribution in [0.25, 0.3) is 22.2 Å². The van der Waals surface area contributed by atoms with Gasteiger partial charge in [0.15, 0.2) is 15.8 Å². The van der Waals surface area contributed by atoms with Crippen molar-refractivity contribution in [3.8, 4) is 17.2 Å². The van der Waals surface area contributed by atoms with Crippen molar-refractivity contribution in [1.29, 1.82) is 10.7 Å². The number of sulfone groups is 1. The Morgan fingerprint density at radius 2 is 1.91 bits per heavy atom. The maximum Gasteiger partial charge on any atom is 0.240 e. The number of aromatic amines is 1. The molecule has 10 N–H and O–H groups in total. The molecule has 0 bridgehead atoms. The molecule has 0 saturated carbocycles. The average molecular weight is 490 g/mol. The number of imidazole rings is 1. The van der Waals surface area contributed by atoms with Crippen LogP contribution in [-0.4, -0.2) is 51.0 Å². The number of anilines is 1. The summed E-state index contributed by atoms with van der Waals surface area (Å²) in [6.07, 6.45) is 0. The van der Waals surface area contributed by atoms with Crippen molar-refractivity contribution in [2.45, 2.75) is 15.0 Å². The van der Waals surface area contributed by atoms with Crippen molar-refractivity contribution in [3.05, 3.63) is 35.4 Å². The summed E-state index contributed by atoms with van der Waals surface area (Å²) in [6, 6.07) is 7.34. The van der Waals surface area contributed by atoms with Crippen LogP contribution in [0.4, 0.5) is 5.95 Å². The zero-order valence-corrected chi connectivity index (χ0v) is 18.5. The molecule has 1 aliphatic rings. The number of nitrogens with two attached hydrogens (primary N) is 3. The van der Waals surface area contributed by atoms with Gasteiger partial charge >= 0.3 is 0 Å². The van der Waals surface area contributed by atoms with E-state index in [1.165, 1.54) is 18.2 Å². The van der Waals surface area contributed by atoms with Crippen LogP contribution in [0.5, 0.6) is 0 Å². The molecular formula is C18H19N9O4S2. The van der Waals surface area contributed by atoms with Gasteiger partial charge in [-0.15, -0.1) is 0 Å². The third-order valence-electron chi connectivity index (χ3n) is 5.32. The minimum Gasteiger partial charge on any atom is -0.369 e. The fraction of sp³-hybridized carbons (Fsp3) is 0.167. The Labute approximate surface area is 188 Å². The Hall–Kier alpha value is -3.55. The molecule has 3 aromatic rings. The number of sulfonamides is 1. The summed E-state index contributed by atoms with van der Waals surface area (Å²) in [4.78, 5) is 5.63. The molecular weight excluding hydrogens is 470 g/mol. The van der Waals surface area contributed by atoms with E-state index in [0.717, 1.165) is 6.07 Å². The van der Waals surface area contributed by atoms with E-state index in [2.05, 4.69) is 20.7 Å². The van der Waals surface area contributed by atoms with Crippen LogP contribution < -0.4 is 27.5 Å². The van der Waals surface area contributed by atoms with E-state index in [-0.39, 0.29) is 41.3 Å². The Kier molecular flexibility index (Phi) is 5.35. The predicted molar refractivity (Wildman–Crippen MR) is 120 cm³/mol. The highest BCUT2D eigenvalue weighted by molar-refractivity contribution is 7.94. The molecule has 0 radical (unpaired) electrons. The molecule has 0 atom stereocenters. The third kappa shape index (κ3) is 3.69. The van der Waals surface area contributed by atoms with Crippen molar-refractivity contribution in [2.75, 3.05) is 18.8 Å². The minimum absolute atomic E-state index is 0.0401. The summed E-state index contributed by atoms with van der Waals surface area (Å²) in [5.74, 6) is 4.87. The molecule has 15 heteroatoms. The maximum absolute atomic E-state index is 13.2. The number of hydrogen-bond donors (Lipinski definition) is 7. The van der Waals surface area contributed by atoms with E-state index in [0.29, 0.717) is 11.0 Å². The van der Waals surface area contributed by atoms with Crippen molar-refractivity contribution >= 4 is 42.7 Å². The molecule has 172 valence electrons. The highest BCUT2D eigenvalue weighted by Crippen LogP contribution is 2.38. The van der Waals surface area contributed by atoms with Gasteiger partial charge in [0.1, 0.15) is 10.7 Å². The standard InChI is InChI=1S/C18H19N9O4S2/c19-5-8-3-11(15-12(4-8)25-18(21)26-15)10-1-2-13(32(28,29)9-6-24-7-9)16(33(23,30)31)14(10)17(20)27-22/h1-4,9,24H,6-7,22H2,(H2,20,27)(H3,21,25,26)(H2,23,30,31). The number of benzene rings is 2. The Balaban J connectivity index is 2.16.